The minimum absolute atomic E-state index is 0. The van der Waals surface area contributed by atoms with Crippen molar-refractivity contribution in [2.75, 3.05) is 94.9 Å². The standard InChI is InChI=1S/C12H20N2O3S.C11H17ClN2O3.C9H16N2O2.C8H12N2O3S.C6H14N2O2.C6H2.C5H4.C4H6.C3H3Br.C3H4.C2H2.CH4/c1-6-7-14(10(15)8-18-5)9-17-13-11(16)12(2,3)4;1-5-6-14(9(15)7-12)8-17-13-10(16)11(2,3)4;1-5-6-10-7-13-11-8(12)9(2,3)4;1-3-4-10(5-7(11)9-13)8(12)6-14-2;1-6(2,3)5(9)8-10-4-7;1-3-5-6-4-2;1-3-5-4-2;1-3-4-2;1-2-3-4;1-3-2;1-2;/h1H,7-9H2,2-5H3,(H,13,16);1H,6-8H2,2-4H3,(H,13,16);1,10H,6-7H2,2-4H3,(H,11,12);1,13H,4-6H2,2H3,(H,9,11);4,7H2,1-3H3,(H,8,9);1-2H;1H,2H3;1-2H3;1H,3H2;1H,2H3;1-2H;1H4. The smallest absolute Gasteiger partial charge is 0.262 e. The minimum Gasteiger partial charge on any atom is -0.321 e. The van der Waals surface area contributed by atoms with Crippen LogP contribution in [0.5, 0.6) is 0 Å². The van der Waals surface area contributed by atoms with Crippen LogP contribution < -0.4 is 38.5 Å². The largest absolute Gasteiger partial charge is 0.321 e. The summed E-state index contributed by atoms with van der Waals surface area (Å²) in [6.45, 7) is 28.9. The summed E-state index contributed by atoms with van der Waals surface area (Å²) < 4.78 is 0. The second-order valence-electron chi connectivity index (χ2n) is 20.3. The number of hydrogen-bond donors (Lipinski definition) is 8. The van der Waals surface area contributed by atoms with Crippen LogP contribution in [-0.4, -0.2) is 162 Å². The number of carbonyl (C=O) groups is 8. The Labute approximate surface area is 605 Å². The minimum atomic E-state index is -0.658. The van der Waals surface area contributed by atoms with Crippen molar-refractivity contribution in [1.82, 2.24) is 47.4 Å². The van der Waals surface area contributed by atoms with Crippen LogP contribution in [-0.2, 0) is 57.7 Å². The van der Waals surface area contributed by atoms with E-state index in [4.69, 9.17) is 88.4 Å². The highest BCUT2D eigenvalue weighted by atomic mass is 79.9. The van der Waals surface area contributed by atoms with Gasteiger partial charge in [-0.25, -0.2) is 27.4 Å². The highest BCUT2D eigenvalue weighted by Gasteiger charge is 2.24. The van der Waals surface area contributed by atoms with Crippen LogP contribution in [0.15, 0.2) is 0 Å². The summed E-state index contributed by atoms with van der Waals surface area (Å²) in [6.07, 6.45) is 55.3. The molecule has 0 saturated heterocycles. The third-order valence-corrected chi connectivity index (χ3v) is 9.68. The molecule has 0 aromatic rings. The van der Waals surface area contributed by atoms with Crippen molar-refractivity contribution in [1.29, 1.82) is 0 Å². The molecule has 8 amide bonds. The molecule has 0 spiro atoms. The molecule has 0 radical (unpaired) electrons. The Hall–Kier alpha value is -8.77. The van der Waals surface area contributed by atoms with Crippen molar-refractivity contribution >= 4 is 98.3 Å². The summed E-state index contributed by atoms with van der Waals surface area (Å²) in [6, 6.07) is 0. The van der Waals surface area contributed by atoms with E-state index in [2.05, 4.69) is 156 Å². The number of terminal acetylenes is 10. The molecule has 0 aromatic carbocycles. The van der Waals surface area contributed by atoms with Crippen molar-refractivity contribution in [3.63, 3.8) is 0 Å². The van der Waals surface area contributed by atoms with Crippen LogP contribution >= 0.6 is 51.1 Å². The summed E-state index contributed by atoms with van der Waals surface area (Å²) in [5.74, 6) is 33.2. The molecular formula is C70H104BrClN10O13S2. The maximum Gasteiger partial charge on any atom is 0.262 e. The molecule has 23 nitrogen and oxygen atoms in total. The monoisotopic (exact) mass is 1470 g/mol. The second-order valence-corrected chi connectivity index (χ2v) is 22.8. The van der Waals surface area contributed by atoms with Gasteiger partial charge in [0.25, 0.3) is 5.91 Å². The molecule has 0 aromatic heterocycles. The SMILES string of the molecule is C.C#C.C#CC.C#CC#CC.C#CC#CC#C.C#CCBr.C#CCN(CC(=O)NO)C(=O)CSC.C#CCN(CONC(=O)C(C)(C)C)C(=O)CCl.C#CCN(CONC(=O)C(C)(C)C)C(=O)CSC.C#CCNCONC(=O)C(C)(C)C.CC#CC.CC(C)(C)C(=O)NOCN. The van der Waals surface area contributed by atoms with Gasteiger partial charge < -0.3 is 20.4 Å². The molecule has 0 saturated carbocycles. The van der Waals surface area contributed by atoms with Crippen LogP contribution in [0.3, 0.4) is 0 Å². The highest BCUT2D eigenvalue weighted by Crippen LogP contribution is 2.14. The van der Waals surface area contributed by atoms with Gasteiger partial charge in [-0.3, -0.25) is 68.2 Å². The Kier molecular flexibility index (Phi) is 99.2. The summed E-state index contributed by atoms with van der Waals surface area (Å²) >= 11 is 11.2. The van der Waals surface area contributed by atoms with E-state index in [1.54, 1.807) is 103 Å². The van der Waals surface area contributed by atoms with Crippen molar-refractivity contribution in [2.45, 2.75) is 118 Å². The lowest BCUT2D eigenvalue weighted by atomic mass is 9.96. The zero-order valence-corrected chi connectivity index (χ0v) is 62.9. The van der Waals surface area contributed by atoms with Crippen molar-refractivity contribution in [3.05, 3.63) is 0 Å². The summed E-state index contributed by atoms with van der Waals surface area (Å²) in [4.78, 5) is 113. The van der Waals surface area contributed by atoms with Gasteiger partial charge in [0, 0.05) is 21.7 Å². The van der Waals surface area contributed by atoms with Gasteiger partial charge in [0.05, 0.1) is 43.0 Å². The van der Waals surface area contributed by atoms with Gasteiger partial charge in [-0.2, -0.15) is 23.5 Å². The predicted molar refractivity (Wildman–Crippen MR) is 400 cm³/mol. The number of alkyl halides is 2. The predicted octanol–water partition coefficient (Wildman–Crippen LogP) is 5.64. The summed E-state index contributed by atoms with van der Waals surface area (Å²) in [7, 11) is 0. The quantitative estimate of drug-likeness (QED) is 0.0162. The number of hydroxylamine groups is 5. The van der Waals surface area contributed by atoms with E-state index in [1.165, 1.54) is 43.7 Å². The molecule has 0 atom stereocenters. The molecule has 0 aliphatic rings. The van der Waals surface area contributed by atoms with E-state index in [-0.39, 0.29) is 114 Å². The second kappa shape index (κ2) is 83.3. The Morgan fingerprint density at radius 2 is 0.825 bits per heavy atom. The van der Waals surface area contributed by atoms with Gasteiger partial charge >= 0.3 is 0 Å². The van der Waals surface area contributed by atoms with Crippen molar-refractivity contribution in [2.24, 2.45) is 27.4 Å². The van der Waals surface area contributed by atoms with Crippen molar-refractivity contribution in [3.8, 4) is 159 Å². The molecule has 538 valence electrons. The van der Waals surface area contributed by atoms with E-state index in [1.807, 2.05) is 20.1 Å². The number of nitrogens with one attached hydrogen (secondary N) is 6. The fourth-order valence-corrected chi connectivity index (χ4v) is 4.22. The third kappa shape index (κ3) is 98.4. The van der Waals surface area contributed by atoms with Gasteiger partial charge in [0.15, 0.2) is 0 Å². The number of nitrogens with zero attached hydrogens (tertiary/aromatic N) is 3. The summed E-state index contributed by atoms with van der Waals surface area (Å²) in [5.41, 5.74) is 13.5. The first-order chi connectivity index (χ1) is 44.8. The van der Waals surface area contributed by atoms with E-state index in [0.717, 1.165) is 0 Å². The Balaban J connectivity index is -0.0000000861. The number of hydrogen-bond acceptors (Lipinski definition) is 17. The van der Waals surface area contributed by atoms with Crippen LogP contribution in [0.4, 0.5) is 0 Å². The van der Waals surface area contributed by atoms with Gasteiger partial charge in [-0.05, 0) is 75.7 Å². The first kappa shape index (κ1) is 116. The third-order valence-electron chi connectivity index (χ3n) is 8.05. The zero-order chi connectivity index (χ0) is 77.6. The lowest BCUT2D eigenvalue weighted by Gasteiger charge is -2.22. The average Bonchev–Trinajstić information content (AvgIpc) is 1.49. The molecule has 0 fully saturated rings. The number of amides is 8. The van der Waals surface area contributed by atoms with E-state index in [0.29, 0.717) is 17.6 Å². The lowest BCUT2D eigenvalue weighted by molar-refractivity contribution is -0.151. The average molecular weight is 1470 g/mol. The van der Waals surface area contributed by atoms with E-state index >= 15 is 0 Å². The van der Waals surface area contributed by atoms with Crippen LogP contribution in [0.1, 0.15) is 118 Å². The number of halogens is 2. The Morgan fingerprint density at radius 3 is 1.06 bits per heavy atom. The topological polar surface area (TPSA) is 302 Å². The molecule has 0 aliphatic carbocycles. The normalized spacial score (nSPS) is 8.48. The van der Waals surface area contributed by atoms with Crippen LogP contribution in [0, 0.1) is 181 Å². The van der Waals surface area contributed by atoms with Crippen molar-refractivity contribution < 1.29 is 62.9 Å². The molecular weight excluding hydrogens is 1370 g/mol. The maximum absolute atomic E-state index is 11.6. The Bertz CT molecular complexity index is 2780. The molecule has 9 N–H and O–H groups in total. The van der Waals surface area contributed by atoms with Gasteiger partial charge in [0.2, 0.25) is 41.4 Å². The molecule has 0 aliphatic heterocycles. The molecule has 0 rings (SSSR count). The fourth-order valence-electron chi connectivity index (χ4n) is 3.19. The van der Waals surface area contributed by atoms with Crippen LogP contribution in [0.25, 0.3) is 0 Å². The number of rotatable bonds is 22. The molecule has 0 heterocycles. The van der Waals surface area contributed by atoms with E-state index < -0.39 is 27.6 Å². The maximum atomic E-state index is 11.6. The number of nitrogens with two attached hydrogens (primary N) is 1. The highest BCUT2D eigenvalue weighted by molar-refractivity contribution is 9.09. The Morgan fingerprint density at radius 1 is 0.515 bits per heavy atom. The molecule has 27 heteroatoms. The fraction of sp³-hybridized carbons (Fsp3) is 0.514. The zero-order valence-electron chi connectivity index (χ0n) is 58.9. The first-order valence-corrected chi connectivity index (χ1v) is 31.7. The number of thioether (sulfide) groups is 2. The number of carbonyl (C=O) groups excluding carboxylic acids is 8. The molecule has 0 unspecified atom stereocenters. The van der Waals surface area contributed by atoms with Gasteiger partial charge in [-0.15, -0.1) is 100 Å². The van der Waals surface area contributed by atoms with Gasteiger partial charge in [-0.1, -0.05) is 142 Å². The molecule has 0 bridgehead atoms. The van der Waals surface area contributed by atoms with Crippen LogP contribution in [0.2, 0.25) is 0 Å². The van der Waals surface area contributed by atoms with Gasteiger partial charge in [0.1, 0.15) is 39.3 Å². The first-order valence-electron chi connectivity index (χ1n) is 27.3. The van der Waals surface area contributed by atoms with E-state index in [9.17, 15) is 38.4 Å². The summed E-state index contributed by atoms with van der Waals surface area (Å²) in [5, 5.41) is 11.7. The lowest BCUT2D eigenvalue weighted by Crippen LogP contribution is -2.41. The molecule has 97 heavy (non-hydrogen) atoms.